The fourth-order valence-corrected chi connectivity index (χ4v) is 4.09. The number of nitrogens with one attached hydrogen (secondary N) is 2. The monoisotopic (exact) mass is 383 g/mol. The van der Waals surface area contributed by atoms with E-state index in [1.807, 2.05) is 0 Å². The second kappa shape index (κ2) is 7.22. The Bertz CT molecular complexity index is 827. The van der Waals surface area contributed by atoms with Crippen molar-refractivity contribution in [2.45, 2.75) is 42.7 Å². The summed E-state index contributed by atoms with van der Waals surface area (Å²) in [4.78, 5) is 26.0. The molecule has 0 aromatic heterocycles. The van der Waals surface area contributed by atoms with Crippen molar-refractivity contribution in [1.29, 1.82) is 0 Å². The first-order valence-corrected chi connectivity index (χ1v) is 10.5. The van der Waals surface area contributed by atoms with E-state index in [0.717, 1.165) is 18.7 Å². The molecule has 1 aromatic carbocycles. The molecule has 2 aliphatic heterocycles. The molecule has 7 nitrogen and oxygen atoms in total. The number of nitrogens with zero attached hydrogens (tertiary/aromatic N) is 1. The zero-order valence-corrected chi connectivity index (χ0v) is 15.3. The zero-order valence-electron chi connectivity index (χ0n) is 14.5. The van der Waals surface area contributed by atoms with E-state index in [1.165, 1.54) is 12.1 Å². The highest BCUT2D eigenvalue weighted by Crippen LogP contribution is 2.25. The van der Waals surface area contributed by atoms with Gasteiger partial charge in [-0.05, 0) is 37.5 Å². The summed E-state index contributed by atoms with van der Waals surface area (Å²) in [7, 11) is -3.50. The first-order chi connectivity index (χ1) is 12.3. The molecule has 0 spiro atoms. The summed E-state index contributed by atoms with van der Waals surface area (Å²) in [6.07, 6.45) is 3.32. The maximum Gasteiger partial charge on any atom is 0.245 e. The van der Waals surface area contributed by atoms with Crippen LogP contribution < -0.4 is 10.6 Å². The van der Waals surface area contributed by atoms with Crippen molar-refractivity contribution < 1.29 is 22.4 Å². The molecule has 2 fully saturated rings. The number of anilines is 1. The maximum atomic E-state index is 14.3. The van der Waals surface area contributed by atoms with Crippen LogP contribution in [0.2, 0.25) is 0 Å². The number of carbonyl (C=O) groups is 2. The van der Waals surface area contributed by atoms with Crippen LogP contribution in [-0.4, -0.2) is 56.6 Å². The number of sulfone groups is 1. The molecule has 2 atom stereocenters. The topological polar surface area (TPSA) is 95.6 Å². The summed E-state index contributed by atoms with van der Waals surface area (Å²) in [5.41, 5.74) is 0.0963. The number of piperidine rings is 2. The Labute approximate surface area is 151 Å². The Morgan fingerprint density at radius 3 is 2.69 bits per heavy atom. The van der Waals surface area contributed by atoms with Crippen molar-refractivity contribution in [1.82, 2.24) is 10.2 Å². The molecule has 0 radical (unpaired) electrons. The molecule has 3 rings (SSSR count). The van der Waals surface area contributed by atoms with Gasteiger partial charge in [0.05, 0.1) is 10.6 Å². The fourth-order valence-electron chi connectivity index (χ4n) is 3.46. The standard InChI is InChI=1S/C17H22FN3O4S/c1-26(24,25)12-4-5-14(13(18)10-12)20-15-3-2-8-21(17(15)23)11-6-7-19-16(22)9-11/h4-5,10-11,15,20H,2-3,6-9H2,1H3,(H,19,22). The summed E-state index contributed by atoms with van der Waals surface area (Å²) in [6.45, 7) is 1.14. The number of hydrogen-bond donors (Lipinski definition) is 2. The number of rotatable bonds is 4. The lowest BCUT2D eigenvalue weighted by Gasteiger charge is -2.39. The second-order valence-electron chi connectivity index (χ2n) is 6.78. The molecular formula is C17H22FN3O4S. The van der Waals surface area contributed by atoms with Crippen LogP contribution in [0.25, 0.3) is 0 Å². The van der Waals surface area contributed by atoms with Crippen LogP contribution in [0, 0.1) is 5.82 Å². The lowest BCUT2D eigenvalue weighted by atomic mass is 9.97. The minimum Gasteiger partial charge on any atom is -0.371 e. The van der Waals surface area contributed by atoms with Gasteiger partial charge in [0.25, 0.3) is 0 Å². The van der Waals surface area contributed by atoms with E-state index in [4.69, 9.17) is 0 Å². The van der Waals surface area contributed by atoms with Crippen molar-refractivity contribution in [2.75, 3.05) is 24.7 Å². The van der Waals surface area contributed by atoms with Crippen LogP contribution in [0.5, 0.6) is 0 Å². The molecule has 142 valence electrons. The molecule has 9 heteroatoms. The third kappa shape index (κ3) is 3.98. The molecule has 2 aliphatic rings. The maximum absolute atomic E-state index is 14.3. The first-order valence-electron chi connectivity index (χ1n) is 8.59. The molecule has 2 heterocycles. The van der Waals surface area contributed by atoms with Gasteiger partial charge in [-0.1, -0.05) is 0 Å². The predicted octanol–water partition coefficient (Wildman–Crippen LogP) is 0.911. The van der Waals surface area contributed by atoms with Gasteiger partial charge in [-0.25, -0.2) is 12.8 Å². The molecule has 1 aromatic rings. The van der Waals surface area contributed by atoms with E-state index in [2.05, 4.69) is 10.6 Å². The highest BCUT2D eigenvalue weighted by Gasteiger charge is 2.35. The van der Waals surface area contributed by atoms with Crippen molar-refractivity contribution in [3.8, 4) is 0 Å². The molecule has 26 heavy (non-hydrogen) atoms. The van der Waals surface area contributed by atoms with Crippen LogP contribution in [-0.2, 0) is 19.4 Å². The molecular weight excluding hydrogens is 361 g/mol. The molecule has 2 unspecified atom stereocenters. The number of likely N-dealkylation sites (tertiary alicyclic amines) is 1. The number of amides is 2. The molecule has 0 aliphatic carbocycles. The SMILES string of the molecule is CS(=O)(=O)c1ccc(NC2CCCN(C3CCNC(=O)C3)C2=O)c(F)c1. The molecule has 0 bridgehead atoms. The van der Waals surface area contributed by atoms with Gasteiger partial charge in [-0.3, -0.25) is 9.59 Å². The average molecular weight is 383 g/mol. The number of hydrogen-bond acceptors (Lipinski definition) is 5. The van der Waals surface area contributed by atoms with Gasteiger partial charge < -0.3 is 15.5 Å². The summed E-state index contributed by atoms with van der Waals surface area (Å²) < 4.78 is 37.3. The third-order valence-electron chi connectivity index (χ3n) is 4.83. The lowest BCUT2D eigenvalue weighted by Crippen LogP contribution is -2.55. The highest BCUT2D eigenvalue weighted by molar-refractivity contribution is 7.90. The van der Waals surface area contributed by atoms with E-state index in [1.54, 1.807) is 4.90 Å². The number of carbonyl (C=O) groups excluding carboxylic acids is 2. The van der Waals surface area contributed by atoms with E-state index < -0.39 is 21.7 Å². The summed E-state index contributed by atoms with van der Waals surface area (Å²) in [6, 6.07) is 2.89. The van der Waals surface area contributed by atoms with E-state index in [9.17, 15) is 22.4 Å². The van der Waals surface area contributed by atoms with Crippen LogP contribution in [0.4, 0.5) is 10.1 Å². The minimum absolute atomic E-state index is 0.0634. The highest BCUT2D eigenvalue weighted by atomic mass is 32.2. The average Bonchev–Trinajstić information content (AvgIpc) is 2.57. The van der Waals surface area contributed by atoms with Crippen LogP contribution in [0.1, 0.15) is 25.7 Å². The zero-order chi connectivity index (χ0) is 18.9. The Hall–Kier alpha value is -2.16. The van der Waals surface area contributed by atoms with Crippen molar-refractivity contribution >= 4 is 27.3 Å². The second-order valence-corrected chi connectivity index (χ2v) is 8.80. The predicted molar refractivity (Wildman–Crippen MR) is 93.9 cm³/mol. The van der Waals surface area contributed by atoms with E-state index in [0.29, 0.717) is 25.9 Å². The first kappa shape index (κ1) is 18.6. The lowest BCUT2D eigenvalue weighted by molar-refractivity contribution is -0.139. The van der Waals surface area contributed by atoms with Gasteiger partial charge >= 0.3 is 0 Å². The molecule has 0 saturated carbocycles. The smallest absolute Gasteiger partial charge is 0.245 e. The Kier molecular flexibility index (Phi) is 5.17. The van der Waals surface area contributed by atoms with Gasteiger partial charge in [-0.2, -0.15) is 0 Å². The van der Waals surface area contributed by atoms with Crippen molar-refractivity contribution in [3.63, 3.8) is 0 Å². The Morgan fingerprint density at radius 2 is 2.04 bits per heavy atom. The third-order valence-corrected chi connectivity index (χ3v) is 5.94. The summed E-state index contributed by atoms with van der Waals surface area (Å²) in [5.74, 6) is -0.927. The minimum atomic E-state index is -3.50. The number of halogens is 1. The van der Waals surface area contributed by atoms with E-state index >= 15 is 0 Å². The van der Waals surface area contributed by atoms with Gasteiger partial charge in [0.1, 0.15) is 11.9 Å². The van der Waals surface area contributed by atoms with Gasteiger partial charge in [0.2, 0.25) is 11.8 Å². The van der Waals surface area contributed by atoms with Crippen LogP contribution >= 0.6 is 0 Å². The van der Waals surface area contributed by atoms with Gasteiger partial charge in [0, 0.05) is 31.8 Å². The normalized spacial score (nSPS) is 24.3. The summed E-state index contributed by atoms with van der Waals surface area (Å²) in [5, 5.41) is 5.65. The molecule has 2 saturated heterocycles. The van der Waals surface area contributed by atoms with Gasteiger partial charge in [0.15, 0.2) is 9.84 Å². The quantitative estimate of drug-likeness (QED) is 0.806. The molecule has 2 N–H and O–H groups in total. The number of benzene rings is 1. The van der Waals surface area contributed by atoms with Crippen molar-refractivity contribution in [2.24, 2.45) is 0 Å². The Balaban J connectivity index is 1.73. The van der Waals surface area contributed by atoms with Gasteiger partial charge in [-0.15, -0.1) is 0 Å². The van der Waals surface area contributed by atoms with E-state index in [-0.39, 0.29) is 34.9 Å². The van der Waals surface area contributed by atoms with Crippen LogP contribution in [0.15, 0.2) is 23.1 Å². The molecule has 2 amide bonds. The Morgan fingerprint density at radius 1 is 1.27 bits per heavy atom. The fraction of sp³-hybridized carbons (Fsp3) is 0.529. The largest absolute Gasteiger partial charge is 0.371 e. The van der Waals surface area contributed by atoms with Crippen molar-refractivity contribution in [3.05, 3.63) is 24.0 Å². The summed E-state index contributed by atoms with van der Waals surface area (Å²) >= 11 is 0. The van der Waals surface area contributed by atoms with Crippen LogP contribution in [0.3, 0.4) is 0 Å².